The van der Waals surface area contributed by atoms with E-state index >= 15 is 0 Å². The maximum atomic E-state index is 14.2. The molecule has 0 radical (unpaired) electrons. The smallest absolute Gasteiger partial charge is 0.259 e. The first kappa shape index (κ1) is 18.1. The van der Waals surface area contributed by atoms with Crippen LogP contribution in [-0.4, -0.2) is 23.0 Å². The molecule has 2 aromatic carbocycles. The molecule has 0 aliphatic rings. The Morgan fingerprint density at radius 2 is 1.96 bits per heavy atom. The molecular weight excluding hydrogens is 362 g/mol. The Morgan fingerprint density at radius 1 is 1.23 bits per heavy atom. The van der Waals surface area contributed by atoms with Crippen LogP contribution in [0.2, 0.25) is 5.02 Å². The van der Waals surface area contributed by atoms with E-state index in [2.05, 4.69) is 5.16 Å². The molecule has 0 saturated heterocycles. The first-order chi connectivity index (χ1) is 12.4. The summed E-state index contributed by atoms with van der Waals surface area (Å²) in [6.45, 7) is 1.74. The van der Waals surface area contributed by atoms with Crippen molar-refractivity contribution in [3.63, 3.8) is 0 Å². The highest BCUT2D eigenvalue weighted by atomic mass is 35.5. The van der Waals surface area contributed by atoms with Crippen molar-refractivity contribution in [1.82, 2.24) is 10.1 Å². The third kappa shape index (κ3) is 3.46. The van der Waals surface area contributed by atoms with Crippen molar-refractivity contribution < 1.29 is 18.1 Å². The van der Waals surface area contributed by atoms with Crippen molar-refractivity contribution >= 4 is 17.5 Å². The quantitative estimate of drug-likeness (QED) is 0.653. The molecule has 0 spiro atoms. The third-order valence-electron chi connectivity index (χ3n) is 3.93. The number of halogens is 3. The highest BCUT2D eigenvalue weighted by Gasteiger charge is 2.27. The molecule has 1 aromatic heterocycles. The standard InChI is InChI=1S/C19H15ClF2N2O2/c1-11-16(18(23-26-11)17-14(20)7-4-8-15(17)22)19(25)24(2)10-12-5-3-6-13(21)9-12/h3-9H,10H2,1-2H3. The van der Waals surface area contributed by atoms with E-state index in [4.69, 9.17) is 16.1 Å². The molecule has 0 fully saturated rings. The van der Waals surface area contributed by atoms with Gasteiger partial charge in [-0.25, -0.2) is 8.78 Å². The maximum Gasteiger partial charge on any atom is 0.259 e. The van der Waals surface area contributed by atoms with Crippen molar-refractivity contribution in [2.75, 3.05) is 7.05 Å². The maximum absolute atomic E-state index is 14.2. The van der Waals surface area contributed by atoms with Crippen LogP contribution in [0.4, 0.5) is 8.78 Å². The van der Waals surface area contributed by atoms with Crippen LogP contribution >= 0.6 is 11.6 Å². The zero-order valence-corrected chi connectivity index (χ0v) is 14.8. The fourth-order valence-corrected chi connectivity index (χ4v) is 2.94. The monoisotopic (exact) mass is 376 g/mol. The summed E-state index contributed by atoms with van der Waals surface area (Å²) >= 11 is 6.09. The van der Waals surface area contributed by atoms with Crippen molar-refractivity contribution in [2.24, 2.45) is 0 Å². The van der Waals surface area contributed by atoms with Crippen LogP contribution in [-0.2, 0) is 6.54 Å². The Balaban J connectivity index is 1.97. The van der Waals surface area contributed by atoms with Crippen LogP contribution in [0.3, 0.4) is 0 Å². The molecule has 4 nitrogen and oxygen atoms in total. The normalized spacial score (nSPS) is 10.8. The molecule has 0 N–H and O–H groups in total. The number of rotatable bonds is 4. The van der Waals surface area contributed by atoms with Gasteiger partial charge in [-0.05, 0) is 36.8 Å². The number of aryl methyl sites for hydroxylation is 1. The minimum atomic E-state index is -0.604. The van der Waals surface area contributed by atoms with E-state index in [1.807, 2.05) is 0 Å². The zero-order chi connectivity index (χ0) is 18.8. The molecule has 3 aromatic rings. The summed E-state index contributed by atoms with van der Waals surface area (Å²) in [5.41, 5.74) is 0.798. The molecule has 3 rings (SSSR count). The number of carbonyl (C=O) groups is 1. The van der Waals surface area contributed by atoms with Crippen molar-refractivity contribution in [3.8, 4) is 11.3 Å². The van der Waals surface area contributed by atoms with E-state index in [-0.39, 0.29) is 40.0 Å². The van der Waals surface area contributed by atoms with E-state index in [9.17, 15) is 13.6 Å². The van der Waals surface area contributed by atoms with Gasteiger partial charge in [0.1, 0.15) is 28.7 Å². The number of aromatic nitrogens is 1. The van der Waals surface area contributed by atoms with Gasteiger partial charge in [-0.2, -0.15) is 0 Å². The second-order valence-electron chi connectivity index (χ2n) is 5.85. The summed E-state index contributed by atoms with van der Waals surface area (Å²) in [6, 6.07) is 10.2. The lowest BCUT2D eigenvalue weighted by atomic mass is 10.0. The number of benzene rings is 2. The van der Waals surface area contributed by atoms with E-state index in [1.165, 1.54) is 35.2 Å². The molecule has 7 heteroatoms. The van der Waals surface area contributed by atoms with Crippen LogP contribution in [0.25, 0.3) is 11.3 Å². The molecule has 0 unspecified atom stereocenters. The highest BCUT2D eigenvalue weighted by molar-refractivity contribution is 6.33. The fourth-order valence-electron chi connectivity index (χ4n) is 2.69. The van der Waals surface area contributed by atoms with Gasteiger partial charge in [-0.15, -0.1) is 0 Å². The second kappa shape index (κ2) is 7.25. The highest BCUT2D eigenvalue weighted by Crippen LogP contribution is 2.34. The molecule has 134 valence electrons. The van der Waals surface area contributed by atoms with E-state index in [1.54, 1.807) is 26.1 Å². The Kier molecular flexibility index (Phi) is 5.04. The molecule has 0 atom stereocenters. The molecule has 1 heterocycles. The third-order valence-corrected chi connectivity index (χ3v) is 4.25. The molecule has 0 aliphatic carbocycles. The lowest BCUT2D eigenvalue weighted by Crippen LogP contribution is -2.27. The van der Waals surface area contributed by atoms with Gasteiger partial charge in [-0.3, -0.25) is 4.79 Å². The first-order valence-corrected chi connectivity index (χ1v) is 8.17. The van der Waals surface area contributed by atoms with Crippen molar-refractivity contribution in [3.05, 3.63) is 76.0 Å². The lowest BCUT2D eigenvalue weighted by molar-refractivity contribution is 0.0784. The average molecular weight is 377 g/mol. The summed E-state index contributed by atoms with van der Waals surface area (Å²) < 4.78 is 32.7. The van der Waals surface area contributed by atoms with E-state index in [0.29, 0.717) is 5.56 Å². The van der Waals surface area contributed by atoms with Crippen molar-refractivity contribution in [1.29, 1.82) is 0 Å². The molecule has 0 saturated carbocycles. The molecule has 0 aliphatic heterocycles. The Bertz CT molecular complexity index is 952. The summed E-state index contributed by atoms with van der Waals surface area (Å²) in [5, 5.41) is 3.95. The molecule has 26 heavy (non-hydrogen) atoms. The number of hydrogen-bond donors (Lipinski definition) is 0. The van der Waals surface area contributed by atoms with Crippen LogP contribution in [0.1, 0.15) is 21.7 Å². The number of hydrogen-bond acceptors (Lipinski definition) is 3. The van der Waals surface area contributed by atoms with Crippen LogP contribution in [0, 0.1) is 18.6 Å². The van der Waals surface area contributed by atoms with Gasteiger partial charge in [0.2, 0.25) is 0 Å². The van der Waals surface area contributed by atoms with Crippen LogP contribution in [0.5, 0.6) is 0 Å². The van der Waals surface area contributed by atoms with Gasteiger partial charge in [-0.1, -0.05) is 35.0 Å². The predicted molar refractivity (Wildman–Crippen MR) is 93.8 cm³/mol. The first-order valence-electron chi connectivity index (χ1n) is 7.79. The Morgan fingerprint density at radius 3 is 2.65 bits per heavy atom. The predicted octanol–water partition coefficient (Wildman–Crippen LogP) is 4.85. The van der Waals surface area contributed by atoms with Gasteiger partial charge in [0.05, 0.1) is 10.6 Å². The van der Waals surface area contributed by atoms with Crippen LogP contribution in [0.15, 0.2) is 47.0 Å². The summed E-state index contributed by atoms with van der Waals surface area (Å²) in [4.78, 5) is 14.3. The zero-order valence-electron chi connectivity index (χ0n) is 14.1. The van der Waals surface area contributed by atoms with Gasteiger partial charge in [0.15, 0.2) is 0 Å². The fraction of sp³-hybridized carbons (Fsp3) is 0.158. The van der Waals surface area contributed by atoms with Gasteiger partial charge in [0.25, 0.3) is 5.91 Å². The van der Waals surface area contributed by atoms with Crippen LogP contribution < -0.4 is 0 Å². The largest absolute Gasteiger partial charge is 0.360 e. The molecule has 1 amide bonds. The SMILES string of the molecule is Cc1onc(-c2c(F)cccc2Cl)c1C(=O)N(C)Cc1cccc(F)c1. The topological polar surface area (TPSA) is 46.3 Å². The molecular formula is C19H15ClF2N2O2. The van der Waals surface area contributed by atoms with Gasteiger partial charge in [0, 0.05) is 13.6 Å². The number of carbonyl (C=O) groups excluding carboxylic acids is 1. The van der Waals surface area contributed by atoms with E-state index < -0.39 is 11.7 Å². The van der Waals surface area contributed by atoms with Gasteiger partial charge >= 0.3 is 0 Å². The van der Waals surface area contributed by atoms with Crippen molar-refractivity contribution in [2.45, 2.75) is 13.5 Å². The lowest BCUT2D eigenvalue weighted by Gasteiger charge is -2.17. The summed E-state index contributed by atoms with van der Waals surface area (Å²) in [7, 11) is 1.56. The number of amides is 1. The molecule has 0 bridgehead atoms. The Labute approximate surface area is 154 Å². The summed E-state index contributed by atoms with van der Waals surface area (Å²) in [6.07, 6.45) is 0. The Hall–Kier alpha value is -2.73. The second-order valence-corrected chi connectivity index (χ2v) is 6.26. The minimum absolute atomic E-state index is 0.00789. The van der Waals surface area contributed by atoms with Gasteiger partial charge < -0.3 is 9.42 Å². The summed E-state index contributed by atoms with van der Waals surface area (Å²) in [5.74, 6) is -1.17. The average Bonchev–Trinajstić information content (AvgIpc) is 2.95. The minimum Gasteiger partial charge on any atom is -0.360 e. The number of nitrogens with zero attached hydrogens (tertiary/aromatic N) is 2. The van der Waals surface area contributed by atoms with E-state index in [0.717, 1.165) is 0 Å².